The summed E-state index contributed by atoms with van der Waals surface area (Å²) >= 11 is 0. The van der Waals surface area contributed by atoms with Gasteiger partial charge in [0, 0.05) is 42.3 Å². The van der Waals surface area contributed by atoms with E-state index in [1.807, 2.05) is 36.4 Å². The molecule has 0 aliphatic carbocycles. The number of benzene rings is 4. The lowest BCUT2D eigenvalue weighted by Crippen LogP contribution is -2.46. The summed E-state index contributed by atoms with van der Waals surface area (Å²) in [7, 11) is 0. The molecule has 4 aromatic rings. The van der Waals surface area contributed by atoms with Gasteiger partial charge in [-0.15, -0.1) is 0 Å². The highest BCUT2D eigenvalue weighted by molar-refractivity contribution is 6.08. The minimum Gasteiger partial charge on any atom is -0.482 e. The van der Waals surface area contributed by atoms with E-state index in [4.69, 9.17) is 4.74 Å². The number of amides is 3. The second kappa shape index (κ2) is 13.5. The number of aliphatic hydroxyl groups excluding tert-OH is 1. The topological polar surface area (TPSA) is 154 Å². The van der Waals surface area contributed by atoms with E-state index in [0.717, 1.165) is 11.1 Å². The number of carbonyl (C=O) groups is 3. The molecule has 51 heavy (non-hydrogen) atoms. The Kier molecular flexibility index (Phi) is 8.88. The van der Waals surface area contributed by atoms with E-state index in [2.05, 4.69) is 0 Å². The van der Waals surface area contributed by atoms with Crippen LogP contribution in [-0.2, 0) is 39.5 Å². The van der Waals surface area contributed by atoms with Crippen LogP contribution in [0.2, 0.25) is 0 Å². The first kappa shape index (κ1) is 33.6. The van der Waals surface area contributed by atoms with Crippen molar-refractivity contribution in [1.29, 1.82) is 0 Å². The molecule has 7 rings (SSSR count). The molecule has 0 saturated heterocycles. The van der Waals surface area contributed by atoms with Crippen molar-refractivity contribution in [3.05, 3.63) is 136 Å². The lowest BCUT2D eigenvalue weighted by Gasteiger charge is -2.36. The largest absolute Gasteiger partial charge is 0.482 e. The van der Waals surface area contributed by atoms with Crippen LogP contribution < -0.4 is 14.5 Å². The average Bonchev–Trinajstić information content (AvgIpc) is 3.36. The number of fused-ring (bicyclic) bond motifs is 3. The summed E-state index contributed by atoms with van der Waals surface area (Å²) < 4.78 is 5.59. The lowest BCUT2D eigenvalue weighted by atomic mass is 9.82. The van der Waals surface area contributed by atoms with Gasteiger partial charge >= 0.3 is 0 Å². The molecule has 260 valence electrons. The van der Waals surface area contributed by atoms with Crippen molar-refractivity contribution >= 4 is 40.5 Å². The first-order valence-corrected chi connectivity index (χ1v) is 16.7. The van der Waals surface area contributed by atoms with E-state index in [1.165, 1.54) is 23.1 Å². The fourth-order valence-corrected chi connectivity index (χ4v) is 7.24. The van der Waals surface area contributed by atoms with Gasteiger partial charge in [-0.05, 0) is 53.4 Å². The third-order valence-corrected chi connectivity index (χ3v) is 9.94. The summed E-state index contributed by atoms with van der Waals surface area (Å²) in [5.74, 6) is -1.46. The van der Waals surface area contributed by atoms with Crippen molar-refractivity contribution in [2.24, 2.45) is 5.92 Å². The van der Waals surface area contributed by atoms with E-state index in [0.29, 0.717) is 41.3 Å². The van der Waals surface area contributed by atoms with E-state index < -0.39 is 22.3 Å². The Labute approximate surface area is 293 Å². The third-order valence-electron chi connectivity index (χ3n) is 9.94. The molecule has 3 aliphatic rings. The number of nitro groups is 1. The normalized spacial score (nSPS) is 20.1. The van der Waals surface area contributed by atoms with Crippen molar-refractivity contribution in [3.63, 3.8) is 0 Å². The summed E-state index contributed by atoms with van der Waals surface area (Å²) in [6, 6.07) is 25.7. The Morgan fingerprint density at radius 3 is 2.57 bits per heavy atom. The highest BCUT2D eigenvalue weighted by Gasteiger charge is 2.53. The molecule has 2 N–H and O–H groups in total. The van der Waals surface area contributed by atoms with Crippen molar-refractivity contribution in [2.45, 2.75) is 44.5 Å². The van der Waals surface area contributed by atoms with E-state index in [1.54, 1.807) is 65.3 Å². The van der Waals surface area contributed by atoms with Gasteiger partial charge in [0.2, 0.25) is 5.91 Å². The van der Waals surface area contributed by atoms with Crippen molar-refractivity contribution in [2.75, 3.05) is 23.0 Å². The third kappa shape index (κ3) is 6.02. The van der Waals surface area contributed by atoms with E-state index in [-0.39, 0.29) is 55.3 Å². The van der Waals surface area contributed by atoms with Crippen LogP contribution in [0.4, 0.5) is 22.7 Å². The molecule has 0 bridgehead atoms. The Balaban J connectivity index is 1.14. The lowest BCUT2D eigenvalue weighted by molar-refractivity contribution is -0.385. The molecule has 0 unspecified atom stereocenters. The molecular formula is C39H36N4O8. The molecule has 0 fully saturated rings. The van der Waals surface area contributed by atoms with Crippen LogP contribution >= 0.6 is 0 Å². The van der Waals surface area contributed by atoms with Gasteiger partial charge in [-0.25, -0.2) is 0 Å². The highest BCUT2D eigenvalue weighted by Crippen LogP contribution is 2.47. The summed E-state index contributed by atoms with van der Waals surface area (Å²) in [6.45, 7) is 1.69. The van der Waals surface area contributed by atoms with Crippen LogP contribution in [0.1, 0.15) is 35.6 Å². The number of para-hydroxylation sites is 2. The van der Waals surface area contributed by atoms with Gasteiger partial charge in [-0.3, -0.25) is 29.4 Å². The maximum absolute atomic E-state index is 14.2. The molecule has 0 aromatic heterocycles. The Morgan fingerprint density at radius 1 is 1.02 bits per heavy atom. The number of aliphatic hydroxyl groups is 2. The van der Waals surface area contributed by atoms with Gasteiger partial charge in [0.05, 0.1) is 35.5 Å². The number of nitrogens with zero attached hydrogens (tertiary/aromatic N) is 4. The molecule has 0 spiro atoms. The smallest absolute Gasteiger partial charge is 0.269 e. The standard InChI is InChI=1S/C39H36N4O8/c1-25(8-6-15-36(45)40-22-28-11-3-2-10-27(28)19-31(40)23-44)39(48)32-20-30(43(49)50)16-17-33(32)41(38(39)47)21-26-9-7-12-29(18-26)42-34-13-4-5-14-35(34)51-24-37(42)46/h2-14,16-18,20,25,31,44,48H,15,19,21-24H2,1H3/b8-6+/t25-,31-,39+/m0/s1. The predicted octanol–water partition coefficient (Wildman–Crippen LogP) is 4.91. The van der Waals surface area contributed by atoms with Gasteiger partial charge in [0.1, 0.15) is 5.75 Å². The Hall–Kier alpha value is -5.85. The number of rotatable bonds is 9. The Bertz CT molecular complexity index is 2080. The summed E-state index contributed by atoms with van der Waals surface area (Å²) in [5.41, 5.74) is 1.88. The SMILES string of the molecule is C[C@@H](/C=C/CC(=O)N1Cc2ccccc2C[C@H]1CO)[C@]1(O)C(=O)N(Cc2cccc(N3C(=O)COc4ccccc43)c2)c2ccc([N+](=O)[O-])cc21. The van der Waals surface area contributed by atoms with Gasteiger partial charge in [-0.1, -0.05) is 67.6 Å². The molecule has 3 amide bonds. The number of carbonyl (C=O) groups excluding carboxylic acids is 3. The van der Waals surface area contributed by atoms with Crippen molar-refractivity contribution in [3.8, 4) is 5.75 Å². The fraction of sp³-hybridized carbons (Fsp3) is 0.256. The molecule has 12 heteroatoms. The maximum Gasteiger partial charge on any atom is 0.269 e. The molecule has 3 aliphatic heterocycles. The molecule has 0 radical (unpaired) electrons. The number of ether oxygens (including phenoxy) is 1. The van der Waals surface area contributed by atoms with Crippen LogP contribution in [0, 0.1) is 16.0 Å². The van der Waals surface area contributed by atoms with E-state index in [9.17, 15) is 34.7 Å². The van der Waals surface area contributed by atoms with Crippen LogP contribution in [-0.4, -0.2) is 57.0 Å². The number of nitro benzene ring substituents is 1. The van der Waals surface area contributed by atoms with Gasteiger partial charge < -0.3 is 24.7 Å². The summed E-state index contributed by atoms with van der Waals surface area (Å²) in [6.07, 6.45) is 3.68. The highest BCUT2D eigenvalue weighted by atomic mass is 16.6. The number of non-ortho nitro benzene ring substituents is 1. The van der Waals surface area contributed by atoms with E-state index >= 15 is 0 Å². The van der Waals surface area contributed by atoms with Crippen LogP contribution in [0.25, 0.3) is 0 Å². The molecule has 3 heterocycles. The quantitative estimate of drug-likeness (QED) is 0.143. The predicted molar refractivity (Wildman–Crippen MR) is 188 cm³/mol. The van der Waals surface area contributed by atoms with Crippen molar-refractivity contribution < 1.29 is 34.3 Å². The minimum absolute atomic E-state index is 0.00781. The summed E-state index contributed by atoms with van der Waals surface area (Å²) in [5, 5.41) is 34.0. The van der Waals surface area contributed by atoms with Gasteiger partial charge in [0.25, 0.3) is 17.5 Å². The molecule has 12 nitrogen and oxygen atoms in total. The van der Waals surface area contributed by atoms with Crippen molar-refractivity contribution in [1.82, 2.24) is 4.90 Å². The molecular weight excluding hydrogens is 652 g/mol. The zero-order chi connectivity index (χ0) is 35.9. The second-order valence-corrected chi connectivity index (χ2v) is 13.0. The fourth-order valence-electron chi connectivity index (χ4n) is 7.24. The van der Waals surface area contributed by atoms with Gasteiger partial charge in [-0.2, -0.15) is 0 Å². The summed E-state index contributed by atoms with van der Waals surface area (Å²) in [4.78, 5) is 56.4. The first-order valence-electron chi connectivity index (χ1n) is 16.7. The van der Waals surface area contributed by atoms with Crippen LogP contribution in [0.15, 0.2) is 103 Å². The van der Waals surface area contributed by atoms with Gasteiger partial charge in [0.15, 0.2) is 12.2 Å². The second-order valence-electron chi connectivity index (χ2n) is 13.0. The maximum atomic E-state index is 14.2. The number of anilines is 3. The van der Waals surface area contributed by atoms with Crippen LogP contribution in [0.5, 0.6) is 5.75 Å². The number of hydrogen-bond donors (Lipinski definition) is 2. The average molecular weight is 689 g/mol. The molecule has 3 atom stereocenters. The molecule has 0 saturated carbocycles. The zero-order valence-electron chi connectivity index (χ0n) is 27.8. The number of hydrogen-bond acceptors (Lipinski definition) is 8. The molecule has 4 aromatic carbocycles. The zero-order valence-corrected chi connectivity index (χ0v) is 27.8. The van der Waals surface area contributed by atoms with Crippen LogP contribution in [0.3, 0.4) is 0 Å². The first-order chi connectivity index (χ1) is 24.6. The monoisotopic (exact) mass is 688 g/mol. The minimum atomic E-state index is -2.17. The Morgan fingerprint density at radius 2 is 1.78 bits per heavy atom.